The number of para-hydroxylation sites is 2. The molecule has 0 amide bonds. The summed E-state index contributed by atoms with van der Waals surface area (Å²) in [6, 6.07) is 53.8. The molecule has 1 N–H and O–H groups in total. The molecule has 0 aliphatic carbocycles. The Morgan fingerprint density at radius 2 is 0.947 bits per heavy atom. The first-order valence-corrected chi connectivity index (χ1v) is 13.0. The quantitative estimate of drug-likeness (QED) is 0.256. The number of hydrogen-bond acceptors (Lipinski definition) is 1. The third kappa shape index (κ3) is 4.03. The first kappa shape index (κ1) is 22.1. The standard InChI is InChI=1S/C36H26N2/c1-3-11-26(12-4-1)27-13-9-14-28(23-27)29-15-10-16-30(24-29)37-31-21-22-34-33-19-7-8-20-35(33)38(36(34)25-31)32-17-5-2-6-18-32/h1-25,37H. The van der Waals surface area contributed by atoms with Gasteiger partial charge in [-0.1, -0.05) is 103 Å². The molecule has 0 fully saturated rings. The minimum Gasteiger partial charge on any atom is -0.355 e. The third-order valence-corrected chi connectivity index (χ3v) is 7.14. The van der Waals surface area contributed by atoms with E-state index in [0.717, 1.165) is 17.1 Å². The SMILES string of the molecule is c1ccc(-c2cccc(-c3cccc(Nc4ccc5c6ccccc6n(-c6ccccc6)c5c4)c3)c2)cc1. The molecule has 0 radical (unpaired) electrons. The maximum absolute atomic E-state index is 3.66. The first-order valence-electron chi connectivity index (χ1n) is 13.0. The summed E-state index contributed by atoms with van der Waals surface area (Å²) in [6.07, 6.45) is 0. The molecule has 38 heavy (non-hydrogen) atoms. The fourth-order valence-electron chi connectivity index (χ4n) is 5.36. The van der Waals surface area contributed by atoms with Crippen molar-refractivity contribution in [2.24, 2.45) is 0 Å². The first-order chi connectivity index (χ1) is 18.8. The maximum Gasteiger partial charge on any atom is 0.0561 e. The van der Waals surface area contributed by atoms with Gasteiger partial charge in [-0.05, 0) is 70.8 Å². The van der Waals surface area contributed by atoms with Crippen molar-refractivity contribution in [3.05, 3.63) is 152 Å². The third-order valence-electron chi connectivity index (χ3n) is 7.14. The zero-order valence-corrected chi connectivity index (χ0v) is 20.9. The highest BCUT2D eigenvalue weighted by molar-refractivity contribution is 6.10. The number of hydrogen-bond donors (Lipinski definition) is 1. The van der Waals surface area contributed by atoms with Crippen molar-refractivity contribution in [3.63, 3.8) is 0 Å². The molecule has 2 nitrogen and oxygen atoms in total. The summed E-state index contributed by atoms with van der Waals surface area (Å²) in [4.78, 5) is 0. The molecule has 0 aliphatic heterocycles. The minimum absolute atomic E-state index is 1.06. The summed E-state index contributed by atoms with van der Waals surface area (Å²) >= 11 is 0. The van der Waals surface area contributed by atoms with Crippen LogP contribution in [0.1, 0.15) is 0 Å². The molecule has 0 unspecified atom stereocenters. The normalized spacial score (nSPS) is 11.2. The molecule has 0 bridgehead atoms. The number of aromatic nitrogens is 1. The van der Waals surface area contributed by atoms with Crippen LogP contribution >= 0.6 is 0 Å². The van der Waals surface area contributed by atoms with Crippen molar-refractivity contribution in [3.8, 4) is 27.9 Å². The van der Waals surface area contributed by atoms with Gasteiger partial charge < -0.3 is 9.88 Å². The highest BCUT2D eigenvalue weighted by Crippen LogP contribution is 2.35. The van der Waals surface area contributed by atoms with Gasteiger partial charge in [-0.2, -0.15) is 0 Å². The molecule has 0 saturated heterocycles. The Balaban J connectivity index is 1.27. The van der Waals surface area contributed by atoms with Crippen molar-refractivity contribution in [2.75, 3.05) is 5.32 Å². The van der Waals surface area contributed by atoms with Gasteiger partial charge >= 0.3 is 0 Å². The Morgan fingerprint density at radius 3 is 1.76 bits per heavy atom. The molecule has 0 aliphatic rings. The van der Waals surface area contributed by atoms with E-state index in [0.29, 0.717) is 0 Å². The van der Waals surface area contributed by atoms with E-state index in [-0.39, 0.29) is 0 Å². The van der Waals surface area contributed by atoms with Gasteiger partial charge in [0.25, 0.3) is 0 Å². The number of nitrogens with one attached hydrogen (secondary N) is 1. The molecular weight excluding hydrogens is 460 g/mol. The van der Waals surface area contributed by atoms with E-state index in [1.54, 1.807) is 0 Å². The van der Waals surface area contributed by atoms with Gasteiger partial charge in [0.15, 0.2) is 0 Å². The van der Waals surface area contributed by atoms with Crippen LogP contribution in [0, 0.1) is 0 Å². The van der Waals surface area contributed by atoms with Gasteiger partial charge in [0.1, 0.15) is 0 Å². The molecule has 1 heterocycles. The highest BCUT2D eigenvalue weighted by Gasteiger charge is 2.12. The van der Waals surface area contributed by atoms with E-state index in [1.165, 1.54) is 44.1 Å². The van der Waals surface area contributed by atoms with Gasteiger partial charge in [0, 0.05) is 27.8 Å². The summed E-state index contributed by atoms with van der Waals surface area (Å²) < 4.78 is 2.35. The van der Waals surface area contributed by atoms with Crippen LogP contribution in [0.25, 0.3) is 49.7 Å². The van der Waals surface area contributed by atoms with Crippen molar-refractivity contribution < 1.29 is 0 Å². The van der Waals surface area contributed by atoms with Gasteiger partial charge in [0.2, 0.25) is 0 Å². The van der Waals surface area contributed by atoms with E-state index in [4.69, 9.17) is 0 Å². The second-order valence-electron chi connectivity index (χ2n) is 9.57. The number of fused-ring (bicyclic) bond motifs is 3. The van der Waals surface area contributed by atoms with Crippen molar-refractivity contribution in [1.29, 1.82) is 0 Å². The molecule has 7 aromatic rings. The Hall–Kier alpha value is -5.08. The van der Waals surface area contributed by atoms with Gasteiger partial charge in [-0.15, -0.1) is 0 Å². The van der Waals surface area contributed by atoms with Crippen molar-refractivity contribution in [2.45, 2.75) is 0 Å². The second kappa shape index (κ2) is 9.42. The summed E-state index contributed by atoms with van der Waals surface area (Å²) in [5, 5.41) is 6.18. The smallest absolute Gasteiger partial charge is 0.0561 e. The van der Waals surface area contributed by atoms with Gasteiger partial charge in [-0.25, -0.2) is 0 Å². The lowest BCUT2D eigenvalue weighted by Gasteiger charge is -2.12. The average Bonchev–Trinajstić information content (AvgIpc) is 3.32. The molecule has 2 heteroatoms. The Labute approximate surface area is 222 Å². The average molecular weight is 487 g/mol. The summed E-state index contributed by atoms with van der Waals surface area (Å²) in [7, 11) is 0. The summed E-state index contributed by atoms with van der Waals surface area (Å²) in [5.41, 5.74) is 10.5. The van der Waals surface area contributed by atoms with E-state index in [9.17, 15) is 0 Å². The number of benzene rings is 6. The van der Waals surface area contributed by atoms with Gasteiger partial charge in [-0.3, -0.25) is 0 Å². The molecule has 7 rings (SSSR count). The predicted octanol–water partition coefficient (Wildman–Crippen LogP) is 9.86. The largest absolute Gasteiger partial charge is 0.355 e. The second-order valence-corrected chi connectivity index (χ2v) is 9.57. The summed E-state index contributed by atoms with van der Waals surface area (Å²) in [5.74, 6) is 0. The Kier molecular flexibility index (Phi) is 5.49. The van der Waals surface area contributed by atoms with Crippen LogP contribution in [0.4, 0.5) is 11.4 Å². The van der Waals surface area contributed by atoms with Gasteiger partial charge in [0.05, 0.1) is 11.0 Å². The zero-order valence-electron chi connectivity index (χ0n) is 20.9. The van der Waals surface area contributed by atoms with E-state index in [1.807, 2.05) is 0 Å². The zero-order chi connectivity index (χ0) is 25.3. The minimum atomic E-state index is 1.06. The van der Waals surface area contributed by atoms with Crippen LogP contribution < -0.4 is 5.32 Å². The van der Waals surface area contributed by atoms with Crippen molar-refractivity contribution >= 4 is 33.2 Å². The Morgan fingerprint density at radius 1 is 0.368 bits per heavy atom. The Bertz CT molecular complexity index is 1880. The van der Waals surface area contributed by atoms with Crippen LogP contribution in [0.2, 0.25) is 0 Å². The molecule has 1 aromatic heterocycles. The lowest BCUT2D eigenvalue weighted by Crippen LogP contribution is -1.95. The van der Waals surface area contributed by atoms with Crippen LogP contribution in [0.3, 0.4) is 0 Å². The van der Waals surface area contributed by atoms with E-state index in [2.05, 4.69) is 162 Å². The molecule has 180 valence electrons. The fourth-order valence-corrected chi connectivity index (χ4v) is 5.36. The molecule has 0 saturated carbocycles. The summed E-state index contributed by atoms with van der Waals surface area (Å²) in [6.45, 7) is 0. The monoisotopic (exact) mass is 486 g/mol. The highest BCUT2D eigenvalue weighted by atomic mass is 15.0. The number of nitrogens with zero attached hydrogens (tertiary/aromatic N) is 1. The van der Waals surface area contributed by atoms with E-state index >= 15 is 0 Å². The number of rotatable bonds is 5. The van der Waals surface area contributed by atoms with E-state index < -0.39 is 0 Å². The molecular formula is C36H26N2. The molecule has 0 spiro atoms. The van der Waals surface area contributed by atoms with Crippen LogP contribution in [-0.4, -0.2) is 4.57 Å². The lowest BCUT2D eigenvalue weighted by molar-refractivity contribution is 1.18. The number of anilines is 2. The molecule has 0 atom stereocenters. The maximum atomic E-state index is 3.66. The predicted molar refractivity (Wildman–Crippen MR) is 161 cm³/mol. The van der Waals surface area contributed by atoms with Crippen LogP contribution in [0.15, 0.2) is 152 Å². The van der Waals surface area contributed by atoms with Crippen molar-refractivity contribution in [1.82, 2.24) is 4.57 Å². The molecule has 6 aromatic carbocycles. The van der Waals surface area contributed by atoms with Crippen LogP contribution in [0.5, 0.6) is 0 Å². The fraction of sp³-hybridized carbons (Fsp3) is 0. The topological polar surface area (TPSA) is 17.0 Å². The van der Waals surface area contributed by atoms with Crippen LogP contribution in [-0.2, 0) is 0 Å². The lowest BCUT2D eigenvalue weighted by atomic mass is 9.99.